The molecule has 5 N–H and O–H groups in total. The number of phenols is 1. The van der Waals surface area contributed by atoms with Gasteiger partial charge in [-0.05, 0) is 55.5 Å². The van der Waals surface area contributed by atoms with Crippen molar-refractivity contribution in [2.24, 2.45) is 11.8 Å². The Kier molecular flexibility index (Phi) is 15.4. The molecule has 0 aromatic heterocycles. The molecular weight excluding hydrogens is 542 g/mol. The predicted molar refractivity (Wildman–Crippen MR) is 151 cm³/mol. The van der Waals surface area contributed by atoms with Crippen LogP contribution in [0.25, 0.3) is 0 Å². The van der Waals surface area contributed by atoms with E-state index < -0.39 is 48.3 Å². The maximum absolute atomic E-state index is 13.1. The smallest absolute Gasteiger partial charge is 0.326 e. The van der Waals surface area contributed by atoms with E-state index in [1.165, 1.54) is 31.4 Å². The van der Waals surface area contributed by atoms with E-state index >= 15 is 0 Å². The molecule has 0 spiro atoms. The highest BCUT2D eigenvalue weighted by molar-refractivity contribution is 6.32. The molecule has 0 radical (unpaired) electrons. The first kappa shape index (κ1) is 35.5. The summed E-state index contributed by atoms with van der Waals surface area (Å²) >= 11 is 5.91. The summed E-state index contributed by atoms with van der Waals surface area (Å²) in [7, 11) is 1.29. The van der Waals surface area contributed by atoms with Gasteiger partial charge in [0.1, 0.15) is 24.0 Å². The number of ketones is 1. The number of phenolic OH excluding ortho intramolecular Hbond substituents is 1. The average molecular weight is 586 g/mol. The van der Waals surface area contributed by atoms with Gasteiger partial charge in [-0.15, -0.1) is 0 Å². The monoisotopic (exact) mass is 585 g/mol. The van der Waals surface area contributed by atoms with Crippen LogP contribution in [-0.2, 0) is 30.3 Å². The van der Waals surface area contributed by atoms with Crippen LogP contribution in [0, 0.1) is 11.8 Å². The van der Waals surface area contributed by atoms with Gasteiger partial charge in [0.2, 0.25) is 0 Å². The second-order valence-electron chi connectivity index (χ2n) is 10.1. The number of Topliss-reactive ketones (excluding diaryl/α,β-unsaturated/α-hetero) is 1. The number of aliphatic carboxylic acids is 1. The summed E-state index contributed by atoms with van der Waals surface area (Å²) in [5, 5.41) is 43.4. The van der Waals surface area contributed by atoms with Crippen LogP contribution in [0.3, 0.4) is 0 Å². The van der Waals surface area contributed by atoms with Crippen LogP contribution in [0.1, 0.15) is 59.4 Å². The fourth-order valence-electron chi connectivity index (χ4n) is 4.39. The maximum Gasteiger partial charge on any atom is 0.326 e. The molecule has 0 aliphatic heterocycles. The minimum atomic E-state index is -1.59. The number of allylic oxidation sites excluding steroid dienone is 1. The normalized spacial score (nSPS) is 17.3. The Labute approximate surface area is 241 Å². The van der Waals surface area contributed by atoms with E-state index in [9.17, 15) is 34.8 Å². The van der Waals surface area contributed by atoms with E-state index in [1.807, 2.05) is 6.92 Å². The van der Waals surface area contributed by atoms with E-state index in [1.54, 1.807) is 20.8 Å². The van der Waals surface area contributed by atoms with Gasteiger partial charge in [-0.25, -0.2) is 4.79 Å². The number of hydrogen-bond donors (Lipinski definition) is 5. The van der Waals surface area contributed by atoms with Gasteiger partial charge < -0.3 is 35.2 Å². The Morgan fingerprint density at radius 2 is 1.77 bits per heavy atom. The molecule has 0 fully saturated rings. The number of nitrogens with one attached hydrogen (secondary N) is 1. The van der Waals surface area contributed by atoms with Gasteiger partial charge in [-0.2, -0.15) is 0 Å². The molecule has 11 heteroatoms. The first-order valence-corrected chi connectivity index (χ1v) is 13.9. The molecule has 226 valence electrons. The van der Waals surface area contributed by atoms with Gasteiger partial charge in [0, 0.05) is 26.1 Å². The Hall–Kier alpha value is -2.50. The van der Waals surface area contributed by atoms with Crippen LogP contribution < -0.4 is 5.32 Å². The number of amides is 1. The number of halogens is 1. The van der Waals surface area contributed by atoms with Crippen molar-refractivity contribution in [3.63, 3.8) is 0 Å². The Morgan fingerprint density at radius 3 is 2.30 bits per heavy atom. The van der Waals surface area contributed by atoms with Crippen molar-refractivity contribution in [2.75, 3.05) is 13.7 Å². The summed E-state index contributed by atoms with van der Waals surface area (Å²) in [5.74, 6) is -3.45. The van der Waals surface area contributed by atoms with Crippen LogP contribution in [0.5, 0.6) is 5.75 Å². The van der Waals surface area contributed by atoms with Crippen LogP contribution in [0.2, 0.25) is 5.02 Å². The molecule has 0 bridgehead atoms. The van der Waals surface area contributed by atoms with Crippen molar-refractivity contribution < 1.29 is 44.3 Å². The number of ether oxygens (including phenoxy) is 2. The fraction of sp³-hybridized carbons (Fsp3) is 0.621. The number of aliphatic hydroxyl groups is 2. The third kappa shape index (κ3) is 10.5. The van der Waals surface area contributed by atoms with E-state index in [4.69, 9.17) is 21.1 Å². The molecular formula is C29H44ClNO9. The van der Waals surface area contributed by atoms with Crippen molar-refractivity contribution in [1.82, 2.24) is 5.32 Å². The molecule has 7 atom stereocenters. The number of carbonyl (C=O) groups is 3. The third-order valence-electron chi connectivity index (χ3n) is 6.91. The molecule has 0 saturated carbocycles. The second-order valence-corrected chi connectivity index (χ2v) is 10.5. The highest BCUT2D eigenvalue weighted by Crippen LogP contribution is 2.25. The molecule has 0 unspecified atom stereocenters. The van der Waals surface area contributed by atoms with Gasteiger partial charge >= 0.3 is 5.97 Å². The van der Waals surface area contributed by atoms with E-state index in [0.29, 0.717) is 5.56 Å². The standard InChI is InChI=1S/C29H44ClNO9/c1-7-9-10-16(3)24(33)18(5)25(34)17(4)13-23(39-6)26(35)27(40-8-2)28(36)31-21(29(37)38)15-19-11-12-22(32)20(30)14-19/h11-14,16,18,21,23-24,26-27,32-33,35H,7-10,15H2,1-6H3,(H,31,36)(H,37,38)/b17-13+/t16-,18+,21+,23-,24+,26-,27-/m1/s1. The van der Waals surface area contributed by atoms with E-state index in [0.717, 1.165) is 19.3 Å². The molecule has 1 rings (SSSR count). The van der Waals surface area contributed by atoms with Crippen molar-refractivity contribution in [2.45, 2.75) is 90.8 Å². The van der Waals surface area contributed by atoms with Crippen LogP contribution >= 0.6 is 11.6 Å². The second kappa shape index (κ2) is 17.3. The number of carboxylic acid groups (broad SMARTS) is 1. The maximum atomic E-state index is 13.1. The van der Waals surface area contributed by atoms with Crippen molar-refractivity contribution in [3.8, 4) is 5.75 Å². The van der Waals surface area contributed by atoms with Gasteiger partial charge in [0.25, 0.3) is 5.91 Å². The lowest BCUT2D eigenvalue weighted by Gasteiger charge is -2.28. The molecule has 0 aliphatic carbocycles. The number of aliphatic hydroxyl groups excluding tert-OH is 2. The number of hydrogen-bond acceptors (Lipinski definition) is 8. The topological polar surface area (TPSA) is 163 Å². The van der Waals surface area contributed by atoms with Gasteiger partial charge in [-0.1, -0.05) is 51.3 Å². The summed E-state index contributed by atoms with van der Waals surface area (Å²) in [5.41, 5.74) is 0.694. The molecule has 40 heavy (non-hydrogen) atoms. The van der Waals surface area contributed by atoms with Crippen molar-refractivity contribution in [1.29, 1.82) is 0 Å². The van der Waals surface area contributed by atoms with Gasteiger partial charge in [0.15, 0.2) is 11.9 Å². The molecule has 10 nitrogen and oxygen atoms in total. The zero-order chi connectivity index (χ0) is 30.6. The molecule has 0 heterocycles. The number of aromatic hydroxyl groups is 1. The minimum Gasteiger partial charge on any atom is -0.506 e. The molecule has 1 aromatic carbocycles. The number of unbranched alkanes of at least 4 members (excludes halogenated alkanes) is 1. The lowest BCUT2D eigenvalue weighted by atomic mass is 9.85. The number of methoxy groups -OCH3 is 1. The van der Waals surface area contributed by atoms with E-state index in [-0.39, 0.29) is 41.1 Å². The Balaban J connectivity index is 3.07. The third-order valence-corrected chi connectivity index (χ3v) is 7.22. The van der Waals surface area contributed by atoms with Crippen molar-refractivity contribution >= 4 is 29.3 Å². The SMILES string of the molecule is CCCC[C@@H](C)[C@H](O)[C@H](C)C(=O)/C(C)=C/[C@@H](OC)[C@@H](O)[C@@H](OCC)C(=O)N[C@@H](Cc1ccc(O)c(Cl)c1)C(=O)O. The largest absolute Gasteiger partial charge is 0.506 e. The average Bonchev–Trinajstić information content (AvgIpc) is 2.92. The molecule has 0 aliphatic rings. The molecule has 0 saturated heterocycles. The minimum absolute atomic E-state index is 0.0252. The zero-order valence-electron chi connectivity index (χ0n) is 24.1. The lowest BCUT2D eigenvalue weighted by Crippen LogP contribution is -2.53. The lowest BCUT2D eigenvalue weighted by molar-refractivity contribution is -0.151. The van der Waals surface area contributed by atoms with Crippen LogP contribution in [0.4, 0.5) is 0 Å². The van der Waals surface area contributed by atoms with Crippen LogP contribution in [0.15, 0.2) is 29.8 Å². The van der Waals surface area contributed by atoms with Crippen LogP contribution in [-0.4, -0.2) is 82.3 Å². The number of rotatable bonds is 18. The summed E-state index contributed by atoms with van der Waals surface area (Å²) in [6.07, 6.45) is -1.14. The van der Waals surface area contributed by atoms with Gasteiger partial charge in [0.05, 0.1) is 11.1 Å². The Morgan fingerprint density at radius 1 is 1.12 bits per heavy atom. The quantitative estimate of drug-likeness (QED) is 0.163. The number of benzene rings is 1. The highest BCUT2D eigenvalue weighted by Gasteiger charge is 2.36. The highest BCUT2D eigenvalue weighted by atomic mass is 35.5. The Bertz CT molecular complexity index is 1020. The van der Waals surface area contributed by atoms with Gasteiger partial charge in [-0.3, -0.25) is 9.59 Å². The first-order chi connectivity index (χ1) is 18.8. The summed E-state index contributed by atoms with van der Waals surface area (Å²) < 4.78 is 10.8. The number of carboxylic acids is 1. The zero-order valence-corrected chi connectivity index (χ0v) is 24.9. The summed E-state index contributed by atoms with van der Waals surface area (Å²) in [4.78, 5) is 38.0. The molecule has 1 amide bonds. The first-order valence-electron chi connectivity index (χ1n) is 13.5. The van der Waals surface area contributed by atoms with Crippen molar-refractivity contribution in [3.05, 3.63) is 40.4 Å². The van der Waals surface area contributed by atoms with E-state index in [2.05, 4.69) is 12.2 Å². The summed E-state index contributed by atoms with van der Waals surface area (Å²) in [6, 6.07) is 2.80. The number of carbonyl (C=O) groups excluding carboxylic acids is 2. The predicted octanol–water partition coefficient (Wildman–Crippen LogP) is 3.28. The molecule has 1 aromatic rings. The summed E-state index contributed by atoms with van der Waals surface area (Å²) in [6.45, 7) is 8.78. The fourth-order valence-corrected chi connectivity index (χ4v) is 4.59.